The van der Waals surface area contributed by atoms with Crippen LogP contribution in [-0.2, 0) is 9.53 Å². The average molecular weight is 405 g/mol. The number of hydrogen-bond donors (Lipinski definition) is 1. The van der Waals surface area contributed by atoms with Crippen LogP contribution in [0.25, 0.3) is 0 Å². The number of morpholine rings is 1. The van der Waals surface area contributed by atoms with E-state index in [9.17, 15) is 4.79 Å². The summed E-state index contributed by atoms with van der Waals surface area (Å²) in [6.07, 6.45) is 0.953. The normalized spacial score (nSPS) is 13.9. The summed E-state index contributed by atoms with van der Waals surface area (Å²) in [5, 5.41) is 3.50. The molecular formula is C21H25ClN2O4. The monoisotopic (exact) mass is 404 g/mol. The molecule has 0 aromatic heterocycles. The third-order valence-electron chi connectivity index (χ3n) is 4.25. The van der Waals surface area contributed by atoms with Crippen LogP contribution in [0.3, 0.4) is 0 Å². The molecule has 0 radical (unpaired) electrons. The summed E-state index contributed by atoms with van der Waals surface area (Å²) >= 11 is 6.39. The van der Waals surface area contributed by atoms with Crippen molar-refractivity contribution in [2.45, 2.75) is 13.3 Å². The second-order valence-corrected chi connectivity index (χ2v) is 6.80. The lowest BCUT2D eigenvalue weighted by atomic mass is 10.2. The zero-order chi connectivity index (χ0) is 19.8. The Morgan fingerprint density at radius 2 is 1.79 bits per heavy atom. The summed E-state index contributed by atoms with van der Waals surface area (Å²) in [6.45, 7) is 5.38. The Bertz CT molecular complexity index is 776. The first-order chi connectivity index (χ1) is 13.7. The number of carbonyl (C=O) groups excluding carboxylic acids is 1. The van der Waals surface area contributed by atoms with Crippen LogP contribution < -0.4 is 19.7 Å². The fourth-order valence-corrected chi connectivity index (χ4v) is 3.21. The number of amides is 1. The molecule has 0 aliphatic carbocycles. The second kappa shape index (κ2) is 10.2. The highest BCUT2D eigenvalue weighted by Gasteiger charge is 2.19. The molecule has 1 heterocycles. The van der Waals surface area contributed by atoms with Gasteiger partial charge in [0.15, 0.2) is 6.61 Å². The number of hydrogen-bond acceptors (Lipinski definition) is 5. The molecular weight excluding hydrogens is 380 g/mol. The van der Waals surface area contributed by atoms with Crippen LogP contribution in [0.15, 0.2) is 42.5 Å². The minimum atomic E-state index is -0.247. The lowest BCUT2D eigenvalue weighted by Crippen LogP contribution is -2.37. The van der Waals surface area contributed by atoms with Gasteiger partial charge in [-0.15, -0.1) is 0 Å². The van der Waals surface area contributed by atoms with E-state index in [-0.39, 0.29) is 12.5 Å². The summed E-state index contributed by atoms with van der Waals surface area (Å²) < 4.78 is 16.5. The van der Waals surface area contributed by atoms with Gasteiger partial charge in [0.25, 0.3) is 5.91 Å². The maximum Gasteiger partial charge on any atom is 0.262 e. The van der Waals surface area contributed by atoms with Crippen molar-refractivity contribution in [3.63, 3.8) is 0 Å². The summed E-state index contributed by atoms with van der Waals surface area (Å²) in [5.74, 6) is 1.15. The number of carbonyl (C=O) groups is 1. The molecule has 1 fully saturated rings. The maximum absolute atomic E-state index is 12.4. The van der Waals surface area contributed by atoms with Gasteiger partial charge < -0.3 is 24.4 Å². The van der Waals surface area contributed by atoms with Crippen LogP contribution in [0.2, 0.25) is 5.02 Å². The fourth-order valence-electron chi connectivity index (χ4n) is 2.91. The van der Waals surface area contributed by atoms with E-state index in [4.69, 9.17) is 25.8 Å². The predicted octanol–water partition coefficient (Wildman–Crippen LogP) is 3.98. The van der Waals surface area contributed by atoms with Crippen LogP contribution in [0.5, 0.6) is 11.5 Å². The smallest absolute Gasteiger partial charge is 0.262 e. The van der Waals surface area contributed by atoms with Crippen LogP contribution in [0.1, 0.15) is 13.3 Å². The van der Waals surface area contributed by atoms with Crippen molar-refractivity contribution in [3.8, 4) is 11.5 Å². The minimum absolute atomic E-state index is 0.0930. The number of ether oxygens (including phenoxy) is 3. The molecule has 7 heteroatoms. The average Bonchev–Trinajstić information content (AvgIpc) is 2.72. The molecule has 1 aliphatic rings. The van der Waals surface area contributed by atoms with Gasteiger partial charge in [-0.2, -0.15) is 0 Å². The van der Waals surface area contributed by atoms with Gasteiger partial charge in [0.2, 0.25) is 0 Å². The van der Waals surface area contributed by atoms with E-state index in [1.54, 1.807) is 12.1 Å². The van der Waals surface area contributed by atoms with Crippen molar-refractivity contribution in [2.75, 3.05) is 49.7 Å². The molecule has 0 unspecified atom stereocenters. The summed E-state index contributed by atoms with van der Waals surface area (Å²) in [5.41, 5.74) is 1.49. The summed E-state index contributed by atoms with van der Waals surface area (Å²) in [4.78, 5) is 14.5. The highest BCUT2D eigenvalue weighted by molar-refractivity contribution is 6.34. The molecule has 150 valence electrons. The van der Waals surface area contributed by atoms with Gasteiger partial charge in [0.05, 0.1) is 36.2 Å². The molecule has 0 atom stereocenters. The number of benzene rings is 2. The first-order valence-electron chi connectivity index (χ1n) is 9.44. The predicted molar refractivity (Wildman–Crippen MR) is 111 cm³/mol. The van der Waals surface area contributed by atoms with Crippen LogP contribution in [0.4, 0.5) is 11.4 Å². The van der Waals surface area contributed by atoms with Gasteiger partial charge in [-0.3, -0.25) is 4.79 Å². The Hall–Kier alpha value is -2.44. The van der Waals surface area contributed by atoms with Gasteiger partial charge in [-0.05, 0) is 42.8 Å². The summed E-state index contributed by atoms with van der Waals surface area (Å²) in [7, 11) is 0. The topological polar surface area (TPSA) is 60.0 Å². The molecule has 28 heavy (non-hydrogen) atoms. The number of anilines is 2. The molecule has 1 amide bonds. The van der Waals surface area contributed by atoms with E-state index in [1.807, 2.05) is 30.3 Å². The molecule has 0 bridgehead atoms. The Labute approximate surface area is 170 Å². The van der Waals surface area contributed by atoms with Crippen molar-refractivity contribution >= 4 is 28.9 Å². The largest absolute Gasteiger partial charge is 0.494 e. The van der Waals surface area contributed by atoms with Gasteiger partial charge in [-0.25, -0.2) is 0 Å². The molecule has 3 rings (SSSR count). The quantitative estimate of drug-likeness (QED) is 0.721. The fraction of sp³-hybridized carbons (Fsp3) is 0.381. The summed E-state index contributed by atoms with van der Waals surface area (Å²) in [6, 6.07) is 12.7. The lowest BCUT2D eigenvalue weighted by Gasteiger charge is -2.31. The Balaban J connectivity index is 1.58. The van der Waals surface area contributed by atoms with E-state index < -0.39 is 0 Å². The minimum Gasteiger partial charge on any atom is -0.494 e. The zero-order valence-electron chi connectivity index (χ0n) is 15.9. The van der Waals surface area contributed by atoms with Crippen LogP contribution in [0, 0.1) is 0 Å². The number of nitrogens with zero attached hydrogens (tertiary/aromatic N) is 1. The molecule has 2 aromatic rings. The third kappa shape index (κ3) is 5.53. The Morgan fingerprint density at radius 1 is 1.11 bits per heavy atom. The van der Waals surface area contributed by atoms with Gasteiger partial charge >= 0.3 is 0 Å². The van der Waals surface area contributed by atoms with E-state index in [2.05, 4.69) is 17.1 Å². The number of rotatable bonds is 8. The van der Waals surface area contributed by atoms with Crippen molar-refractivity contribution < 1.29 is 19.0 Å². The van der Waals surface area contributed by atoms with Crippen molar-refractivity contribution in [3.05, 3.63) is 47.5 Å². The Morgan fingerprint density at radius 3 is 2.46 bits per heavy atom. The van der Waals surface area contributed by atoms with Crippen molar-refractivity contribution in [1.82, 2.24) is 0 Å². The highest BCUT2D eigenvalue weighted by atomic mass is 35.5. The van der Waals surface area contributed by atoms with E-state index in [0.717, 1.165) is 30.9 Å². The van der Waals surface area contributed by atoms with Crippen LogP contribution in [-0.4, -0.2) is 45.4 Å². The molecule has 0 spiro atoms. The first-order valence-corrected chi connectivity index (χ1v) is 9.82. The molecule has 1 N–H and O–H groups in total. The lowest BCUT2D eigenvalue weighted by molar-refractivity contribution is -0.118. The third-order valence-corrected chi connectivity index (χ3v) is 4.56. The number of halogens is 1. The molecule has 1 aliphatic heterocycles. The second-order valence-electron chi connectivity index (χ2n) is 6.39. The van der Waals surface area contributed by atoms with E-state index >= 15 is 0 Å². The van der Waals surface area contributed by atoms with E-state index in [1.165, 1.54) is 0 Å². The SMILES string of the molecule is CCCOc1ccc(OCC(=O)Nc2cccc(Cl)c2N2CCOCC2)cc1. The van der Waals surface area contributed by atoms with Gasteiger partial charge in [0.1, 0.15) is 11.5 Å². The molecule has 6 nitrogen and oxygen atoms in total. The van der Waals surface area contributed by atoms with Gasteiger partial charge in [0, 0.05) is 13.1 Å². The molecule has 1 saturated heterocycles. The molecule has 0 saturated carbocycles. The number of para-hydroxylation sites is 1. The Kier molecular flexibility index (Phi) is 7.39. The van der Waals surface area contributed by atoms with Crippen LogP contribution >= 0.6 is 11.6 Å². The standard InChI is InChI=1S/C21H25ClN2O4/c1-2-12-27-16-6-8-17(9-7-16)28-15-20(25)23-19-5-3-4-18(22)21(19)24-10-13-26-14-11-24/h3-9H,2,10-15H2,1H3,(H,23,25). The van der Waals surface area contributed by atoms with Crippen molar-refractivity contribution in [2.24, 2.45) is 0 Å². The number of nitrogens with one attached hydrogen (secondary N) is 1. The van der Waals surface area contributed by atoms with E-state index in [0.29, 0.717) is 36.3 Å². The van der Waals surface area contributed by atoms with Gasteiger partial charge in [-0.1, -0.05) is 24.6 Å². The maximum atomic E-state index is 12.4. The zero-order valence-corrected chi connectivity index (χ0v) is 16.7. The highest BCUT2D eigenvalue weighted by Crippen LogP contribution is 2.34. The first kappa shape index (κ1) is 20.3. The van der Waals surface area contributed by atoms with Crippen molar-refractivity contribution in [1.29, 1.82) is 0 Å². The molecule has 2 aromatic carbocycles.